The van der Waals surface area contributed by atoms with E-state index in [1.165, 1.54) is 12.8 Å². The normalized spacial score (nSPS) is 15.1. The van der Waals surface area contributed by atoms with Crippen LogP contribution >= 0.6 is 11.6 Å². The molecule has 1 atom stereocenters. The van der Waals surface area contributed by atoms with Gasteiger partial charge in [0.1, 0.15) is 23.9 Å². The molecule has 0 saturated carbocycles. The SMILES string of the molecule is CCOC(=O)C(CCN1CCCC1)COc1ccc(Oc2ccc(Cl)cc2)cc1. The van der Waals surface area contributed by atoms with E-state index in [4.69, 9.17) is 25.8 Å². The van der Waals surface area contributed by atoms with Crippen LogP contribution in [0.3, 0.4) is 0 Å². The van der Waals surface area contributed by atoms with Gasteiger partial charge in [-0.05, 0) is 94.4 Å². The fourth-order valence-electron chi connectivity index (χ4n) is 3.31. The highest BCUT2D eigenvalue weighted by Crippen LogP contribution is 2.25. The average molecular weight is 418 g/mol. The number of benzene rings is 2. The number of rotatable bonds is 10. The molecular formula is C23H28ClNO4. The van der Waals surface area contributed by atoms with E-state index in [1.54, 1.807) is 12.1 Å². The summed E-state index contributed by atoms with van der Waals surface area (Å²) in [5.41, 5.74) is 0. The molecule has 0 spiro atoms. The highest BCUT2D eigenvalue weighted by atomic mass is 35.5. The molecule has 0 aromatic heterocycles. The summed E-state index contributed by atoms with van der Waals surface area (Å²) in [5.74, 6) is 1.67. The predicted octanol–water partition coefficient (Wildman–Crippen LogP) is 5.18. The molecule has 2 aromatic carbocycles. The van der Waals surface area contributed by atoms with E-state index in [0.717, 1.165) is 26.1 Å². The van der Waals surface area contributed by atoms with E-state index >= 15 is 0 Å². The van der Waals surface area contributed by atoms with Gasteiger partial charge < -0.3 is 19.1 Å². The van der Waals surface area contributed by atoms with Crippen LogP contribution in [0.2, 0.25) is 5.02 Å². The zero-order valence-corrected chi connectivity index (χ0v) is 17.6. The van der Waals surface area contributed by atoms with Gasteiger partial charge in [0.25, 0.3) is 0 Å². The lowest BCUT2D eigenvalue weighted by molar-refractivity contribution is -0.149. The lowest BCUT2D eigenvalue weighted by atomic mass is 10.1. The van der Waals surface area contributed by atoms with Crippen LogP contribution in [0.1, 0.15) is 26.2 Å². The molecule has 1 aliphatic heterocycles. The quantitative estimate of drug-likeness (QED) is 0.499. The number of esters is 1. The minimum absolute atomic E-state index is 0.186. The zero-order chi connectivity index (χ0) is 20.5. The lowest BCUT2D eigenvalue weighted by Crippen LogP contribution is -2.30. The molecule has 3 rings (SSSR count). The molecule has 1 fully saturated rings. The van der Waals surface area contributed by atoms with Crippen LogP contribution < -0.4 is 9.47 Å². The first-order valence-corrected chi connectivity index (χ1v) is 10.6. The van der Waals surface area contributed by atoms with Crippen molar-refractivity contribution in [2.24, 2.45) is 5.92 Å². The van der Waals surface area contributed by atoms with Crippen molar-refractivity contribution in [2.45, 2.75) is 26.2 Å². The van der Waals surface area contributed by atoms with Crippen molar-refractivity contribution in [3.05, 3.63) is 53.6 Å². The fraction of sp³-hybridized carbons (Fsp3) is 0.435. The second kappa shape index (κ2) is 11.1. The van der Waals surface area contributed by atoms with E-state index < -0.39 is 0 Å². The molecule has 156 valence electrons. The van der Waals surface area contributed by atoms with Crippen LogP contribution in [0.4, 0.5) is 0 Å². The van der Waals surface area contributed by atoms with Gasteiger partial charge in [0.2, 0.25) is 0 Å². The molecule has 29 heavy (non-hydrogen) atoms. The molecular weight excluding hydrogens is 390 g/mol. The molecule has 0 aliphatic carbocycles. The number of hydrogen-bond acceptors (Lipinski definition) is 5. The summed E-state index contributed by atoms with van der Waals surface area (Å²) in [5, 5.41) is 0.669. The van der Waals surface area contributed by atoms with Gasteiger partial charge in [-0.3, -0.25) is 4.79 Å². The predicted molar refractivity (Wildman–Crippen MR) is 114 cm³/mol. The van der Waals surface area contributed by atoms with Gasteiger partial charge in [-0.15, -0.1) is 0 Å². The smallest absolute Gasteiger partial charge is 0.312 e. The van der Waals surface area contributed by atoms with E-state index in [-0.39, 0.29) is 11.9 Å². The number of halogens is 1. The number of ether oxygens (including phenoxy) is 3. The molecule has 0 radical (unpaired) electrons. The molecule has 5 nitrogen and oxygen atoms in total. The first-order chi connectivity index (χ1) is 14.1. The summed E-state index contributed by atoms with van der Waals surface area (Å²) in [4.78, 5) is 14.7. The molecule has 6 heteroatoms. The summed E-state index contributed by atoms with van der Waals surface area (Å²) in [7, 11) is 0. The van der Waals surface area contributed by atoms with Crippen LogP contribution in [-0.4, -0.2) is 43.7 Å². The Hall–Kier alpha value is -2.24. The van der Waals surface area contributed by atoms with Crippen molar-refractivity contribution >= 4 is 17.6 Å². The van der Waals surface area contributed by atoms with Gasteiger partial charge in [0.05, 0.1) is 12.5 Å². The number of nitrogens with zero attached hydrogens (tertiary/aromatic N) is 1. The molecule has 0 bridgehead atoms. The Morgan fingerprint density at radius 3 is 2.21 bits per heavy atom. The van der Waals surface area contributed by atoms with Crippen LogP contribution in [-0.2, 0) is 9.53 Å². The highest BCUT2D eigenvalue weighted by Gasteiger charge is 2.23. The second-order valence-electron chi connectivity index (χ2n) is 7.12. The summed E-state index contributed by atoms with van der Waals surface area (Å²) in [6.45, 7) is 5.66. The third-order valence-corrected chi connectivity index (χ3v) is 5.19. The van der Waals surface area contributed by atoms with Crippen molar-refractivity contribution in [3.8, 4) is 17.2 Å². The third-order valence-electron chi connectivity index (χ3n) is 4.94. The van der Waals surface area contributed by atoms with Gasteiger partial charge in [-0.25, -0.2) is 0 Å². The Morgan fingerprint density at radius 1 is 1.00 bits per heavy atom. The Labute approximate surface area is 177 Å². The Bertz CT molecular complexity index is 757. The van der Waals surface area contributed by atoms with E-state index in [1.807, 2.05) is 43.3 Å². The highest BCUT2D eigenvalue weighted by molar-refractivity contribution is 6.30. The van der Waals surface area contributed by atoms with Crippen molar-refractivity contribution in [1.82, 2.24) is 4.90 Å². The monoisotopic (exact) mass is 417 g/mol. The summed E-state index contributed by atoms with van der Waals surface area (Å²) < 4.78 is 16.9. The van der Waals surface area contributed by atoms with Crippen molar-refractivity contribution in [1.29, 1.82) is 0 Å². The average Bonchev–Trinajstić information content (AvgIpc) is 3.25. The summed E-state index contributed by atoms with van der Waals surface area (Å²) in [6.07, 6.45) is 3.23. The van der Waals surface area contributed by atoms with E-state index in [2.05, 4.69) is 4.90 Å². The Morgan fingerprint density at radius 2 is 1.59 bits per heavy atom. The molecule has 1 heterocycles. The van der Waals surface area contributed by atoms with Gasteiger partial charge in [-0.2, -0.15) is 0 Å². The third kappa shape index (κ3) is 6.94. The van der Waals surface area contributed by atoms with Crippen molar-refractivity contribution in [2.75, 3.05) is 32.8 Å². The van der Waals surface area contributed by atoms with E-state index in [0.29, 0.717) is 35.5 Å². The minimum atomic E-state index is -0.263. The minimum Gasteiger partial charge on any atom is -0.493 e. The zero-order valence-electron chi connectivity index (χ0n) is 16.8. The maximum Gasteiger partial charge on any atom is 0.312 e. The van der Waals surface area contributed by atoms with Crippen LogP contribution in [0, 0.1) is 5.92 Å². The first kappa shape index (κ1) is 21.5. The molecule has 2 aromatic rings. The maximum atomic E-state index is 12.3. The summed E-state index contributed by atoms with van der Waals surface area (Å²) in [6, 6.07) is 14.6. The molecule has 1 unspecified atom stereocenters. The number of hydrogen-bond donors (Lipinski definition) is 0. The topological polar surface area (TPSA) is 48.0 Å². The van der Waals surface area contributed by atoms with Crippen LogP contribution in [0.25, 0.3) is 0 Å². The fourth-order valence-corrected chi connectivity index (χ4v) is 3.44. The van der Waals surface area contributed by atoms with Crippen molar-refractivity contribution in [3.63, 3.8) is 0 Å². The van der Waals surface area contributed by atoms with E-state index in [9.17, 15) is 4.79 Å². The molecule has 0 N–H and O–H groups in total. The Kier molecular flexibility index (Phi) is 8.20. The van der Waals surface area contributed by atoms with Gasteiger partial charge in [0.15, 0.2) is 0 Å². The van der Waals surface area contributed by atoms with Crippen LogP contribution in [0.5, 0.6) is 17.2 Å². The molecule has 1 saturated heterocycles. The van der Waals surface area contributed by atoms with Crippen LogP contribution in [0.15, 0.2) is 48.5 Å². The van der Waals surface area contributed by atoms with Gasteiger partial charge >= 0.3 is 5.97 Å². The molecule has 0 amide bonds. The number of carbonyl (C=O) groups is 1. The summed E-state index contributed by atoms with van der Waals surface area (Å²) >= 11 is 5.89. The molecule has 1 aliphatic rings. The number of likely N-dealkylation sites (tertiary alicyclic amines) is 1. The largest absolute Gasteiger partial charge is 0.493 e. The number of carbonyl (C=O) groups excluding carboxylic acids is 1. The van der Waals surface area contributed by atoms with Crippen molar-refractivity contribution < 1.29 is 19.0 Å². The maximum absolute atomic E-state index is 12.3. The lowest BCUT2D eigenvalue weighted by Gasteiger charge is -2.20. The Balaban J connectivity index is 1.52. The first-order valence-electron chi connectivity index (χ1n) is 10.2. The standard InChI is InChI=1S/C23H28ClNO4/c1-2-27-23(26)18(13-16-25-14-3-4-15-25)17-28-20-9-11-22(12-10-20)29-21-7-5-19(24)6-8-21/h5-12,18H,2-4,13-17H2,1H3. The van der Waals surface area contributed by atoms with Gasteiger partial charge in [-0.1, -0.05) is 11.6 Å². The van der Waals surface area contributed by atoms with Gasteiger partial charge in [0, 0.05) is 5.02 Å². The second-order valence-corrected chi connectivity index (χ2v) is 7.56.